The number of carbonyl (C=O) groups is 2. The quantitative estimate of drug-likeness (QED) is 0.771. The van der Waals surface area contributed by atoms with E-state index in [9.17, 15) is 9.59 Å². The van der Waals surface area contributed by atoms with Gasteiger partial charge in [0.1, 0.15) is 5.78 Å². The number of rotatable bonds is 2. The Balaban J connectivity index is 1.99. The molecule has 4 nitrogen and oxygen atoms in total. The van der Waals surface area contributed by atoms with E-state index in [-0.39, 0.29) is 17.9 Å². The monoisotopic (exact) mass is 266 g/mol. The summed E-state index contributed by atoms with van der Waals surface area (Å²) in [6.45, 7) is 4.24. The molecule has 1 unspecified atom stereocenters. The summed E-state index contributed by atoms with van der Waals surface area (Å²) < 4.78 is 0. The fraction of sp³-hybridized carbons (Fsp3) is 0.867. The molecule has 2 rings (SSSR count). The van der Waals surface area contributed by atoms with Crippen LogP contribution in [0.2, 0.25) is 0 Å². The van der Waals surface area contributed by atoms with Crippen LogP contribution in [-0.4, -0.2) is 47.3 Å². The van der Waals surface area contributed by atoms with Crippen molar-refractivity contribution in [3.63, 3.8) is 0 Å². The zero-order valence-electron chi connectivity index (χ0n) is 12.1. The predicted octanol–water partition coefficient (Wildman–Crippen LogP) is 2.82. The molecule has 0 aromatic heterocycles. The fourth-order valence-electron chi connectivity index (χ4n) is 3.24. The third-order valence-electron chi connectivity index (χ3n) is 4.27. The van der Waals surface area contributed by atoms with Gasteiger partial charge >= 0.3 is 6.03 Å². The zero-order valence-corrected chi connectivity index (χ0v) is 12.1. The van der Waals surface area contributed by atoms with E-state index in [4.69, 9.17) is 0 Å². The van der Waals surface area contributed by atoms with Crippen LogP contribution in [0.4, 0.5) is 4.79 Å². The number of piperidine rings is 1. The molecule has 2 aliphatic heterocycles. The highest BCUT2D eigenvalue weighted by molar-refractivity contribution is 5.79. The number of likely N-dealkylation sites (tertiary alicyclic amines) is 2. The maximum atomic E-state index is 12.6. The highest BCUT2D eigenvalue weighted by Crippen LogP contribution is 2.22. The van der Waals surface area contributed by atoms with E-state index < -0.39 is 0 Å². The Labute approximate surface area is 116 Å². The van der Waals surface area contributed by atoms with Gasteiger partial charge in [0.2, 0.25) is 0 Å². The molecular weight excluding hydrogens is 240 g/mol. The van der Waals surface area contributed by atoms with Crippen molar-refractivity contribution in [2.24, 2.45) is 0 Å². The van der Waals surface area contributed by atoms with Crippen molar-refractivity contribution in [3.8, 4) is 0 Å². The topological polar surface area (TPSA) is 40.6 Å². The summed E-state index contributed by atoms with van der Waals surface area (Å²) >= 11 is 0. The first-order valence-corrected chi connectivity index (χ1v) is 7.73. The zero-order chi connectivity index (χ0) is 13.7. The number of hydrogen-bond acceptors (Lipinski definition) is 2. The molecule has 0 spiro atoms. The van der Waals surface area contributed by atoms with Crippen LogP contribution in [0, 0.1) is 0 Å². The molecule has 0 radical (unpaired) electrons. The molecule has 0 saturated carbocycles. The average Bonchev–Trinajstić information content (AvgIpc) is 2.67. The molecule has 4 heteroatoms. The highest BCUT2D eigenvalue weighted by atomic mass is 16.2. The van der Waals surface area contributed by atoms with Crippen molar-refractivity contribution in [1.29, 1.82) is 0 Å². The van der Waals surface area contributed by atoms with Crippen LogP contribution in [0.15, 0.2) is 0 Å². The first-order chi connectivity index (χ1) is 9.18. The van der Waals surface area contributed by atoms with Crippen LogP contribution in [0.5, 0.6) is 0 Å². The standard InChI is InChI=1S/C15H26N2O2/c1-13(18)12-14-8-4-7-11-17(14)15(19)16-9-5-2-3-6-10-16/h14H,2-12H2,1H3. The van der Waals surface area contributed by atoms with Crippen molar-refractivity contribution in [1.82, 2.24) is 9.80 Å². The smallest absolute Gasteiger partial charge is 0.320 e. The van der Waals surface area contributed by atoms with Crippen LogP contribution in [-0.2, 0) is 4.79 Å². The van der Waals surface area contributed by atoms with Gasteiger partial charge in [-0.15, -0.1) is 0 Å². The SMILES string of the molecule is CC(=O)CC1CCCCN1C(=O)N1CCCCCC1. The van der Waals surface area contributed by atoms with Crippen molar-refractivity contribution in [3.05, 3.63) is 0 Å². The first kappa shape index (κ1) is 14.4. The Morgan fingerprint density at radius 1 is 0.947 bits per heavy atom. The van der Waals surface area contributed by atoms with Crippen molar-refractivity contribution in [2.75, 3.05) is 19.6 Å². The van der Waals surface area contributed by atoms with Crippen molar-refractivity contribution < 1.29 is 9.59 Å². The van der Waals surface area contributed by atoms with E-state index in [2.05, 4.69) is 0 Å². The van der Waals surface area contributed by atoms with E-state index >= 15 is 0 Å². The Kier molecular flexibility index (Phi) is 5.23. The maximum absolute atomic E-state index is 12.6. The number of Topliss-reactive ketones (excluding diaryl/α,β-unsaturated/α-hetero) is 1. The summed E-state index contributed by atoms with van der Waals surface area (Å²) in [6, 6.07) is 0.315. The van der Waals surface area contributed by atoms with Crippen molar-refractivity contribution >= 4 is 11.8 Å². The molecule has 2 fully saturated rings. The lowest BCUT2D eigenvalue weighted by atomic mass is 9.98. The van der Waals surface area contributed by atoms with Gasteiger partial charge in [-0.05, 0) is 39.0 Å². The summed E-state index contributed by atoms with van der Waals surface area (Å²) in [6.07, 6.45) is 8.45. The van der Waals surface area contributed by atoms with E-state index in [0.29, 0.717) is 6.42 Å². The van der Waals surface area contributed by atoms with E-state index in [1.165, 1.54) is 12.8 Å². The lowest BCUT2D eigenvalue weighted by Gasteiger charge is -2.38. The van der Waals surface area contributed by atoms with Crippen LogP contribution in [0.25, 0.3) is 0 Å². The highest BCUT2D eigenvalue weighted by Gasteiger charge is 2.30. The number of ketones is 1. The Hall–Kier alpha value is -1.06. The molecule has 0 aliphatic carbocycles. The predicted molar refractivity (Wildman–Crippen MR) is 75.1 cm³/mol. The third-order valence-corrected chi connectivity index (χ3v) is 4.27. The second kappa shape index (κ2) is 6.92. The van der Waals surface area contributed by atoms with Crippen LogP contribution in [0.3, 0.4) is 0 Å². The summed E-state index contributed by atoms with van der Waals surface area (Å²) in [5.41, 5.74) is 0. The van der Waals surface area contributed by atoms with Crippen molar-refractivity contribution in [2.45, 2.75) is 64.3 Å². The molecule has 108 valence electrons. The number of urea groups is 1. The maximum Gasteiger partial charge on any atom is 0.320 e. The Morgan fingerprint density at radius 2 is 1.58 bits per heavy atom. The van der Waals surface area contributed by atoms with E-state index in [0.717, 1.165) is 51.7 Å². The van der Waals surface area contributed by atoms with Crippen LogP contribution < -0.4 is 0 Å². The molecule has 0 bridgehead atoms. The van der Waals surface area contributed by atoms with Crippen LogP contribution >= 0.6 is 0 Å². The number of nitrogens with zero attached hydrogens (tertiary/aromatic N) is 2. The summed E-state index contributed by atoms with van der Waals surface area (Å²) in [5, 5.41) is 0. The first-order valence-electron chi connectivity index (χ1n) is 7.73. The molecule has 2 amide bonds. The number of carbonyl (C=O) groups excluding carboxylic acids is 2. The molecular formula is C15H26N2O2. The molecule has 19 heavy (non-hydrogen) atoms. The largest absolute Gasteiger partial charge is 0.325 e. The third kappa shape index (κ3) is 3.95. The minimum atomic E-state index is 0.141. The van der Waals surface area contributed by atoms with E-state index in [1.54, 1.807) is 6.92 Å². The lowest BCUT2D eigenvalue weighted by Crippen LogP contribution is -2.51. The molecule has 2 aliphatic rings. The molecule has 2 heterocycles. The normalized spacial score (nSPS) is 25.0. The summed E-state index contributed by atoms with van der Waals surface area (Å²) in [4.78, 5) is 28.0. The fourth-order valence-corrected chi connectivity index (χ4v) is 3.24. The Morgan fingerprint density at radius 3 is 2.21 bits per heavy atom. The average molecular weight is 266 g/mol. The lowest BCUT2D eigenvalue weighted by molar-refractivity contribution is -0.118. The van der Waals surface area contributed by atoms with Gasteiger partial charge in [0, 0.05) is 32.1 Å². The van der Waals surface area contributed by atoms with Gasteiger partial charge in [-0.1, -0.05) is 12.8 Å². The van der Waals surface area contributed by atoms with Gasteiger partial charge < -0.3 is 9.80 Å². The Bertz CT molecular complexity index is 322. The molecule has 0 aromatic rings. The molecule has 2 saturated heterocycles. The van der Waals surface area contributed by atoms with Gasteiger partial charge in [0.05, 0.1) is 0 Å². The van der Waals surface area contributed by atoms with Crippen LogP contribution in [0.1, 0.15) is 58.3 Å². The minimum Gasteiger partial charge on any atom is -0.325 e. The van der Waals surface area contributed by atoms with Gasteiger partial charge in [0.15, 0.2) is 0 Å². The van der Waals surface area contributed by atoms with Gasteiger partial charge in [-0.2, -0.15) is 0 Å². The molecule has 0 N–H and O–H groups in total. The minimum absolute atomic E-state index is 0.141. The van der Waals surface area contributed by atoms with E-state index in [1.807, 2.05) is 9.80 Å². The number of hydrogen-bond donors (Lipinski definition) is 0. The second-order valence-corrected chi connectivity index (χ2v) is 5.93. The summed E-state index contributed by atoms with van der Waals surface area (Å²) in [7, 11) is 0. The van der Waals surface area contributed by atoms with Gasteiger partial charge in [-0.25, -0.2) is 4.79 Å². The number of amides is 2. The molecule has 0 aromatic carbocycles. The van der Waals surface area contributed by atoms with Gasteiger partial charge in [0.25, 0.3) is 0 Å². The molecule has 1 atom stereocenters. The second-order valence-electron chi connectivity index (χ2n) is 5.93. The van der Waals surface area contributed by atoms with Gasteiger partial charge in [-0.3, -0.25) is 4.79 Å². The summed E-state index contributed by atoms with van der Waals surface area (Å²) in [5.74, 6) is 0.195.